The first-order chi connectivity index (χ1) is 12.1. The topological polar surface area (TPSA) is 50.8 Å². The summed E-state index contributed by atoms with van der Waals surface area (Å²) < 4.78 is 12.0. The zero-order chi connectivity index (χ0) is 18.1. The van der Waals surface area contributed by atoms with Crippen LogP contribution in [0.15, 0.2) is 53.0 Å². The summed E-state index contributed by atoms with van der Waals surface area (Å²) in [6.07, 6.45) is 0. The number of amides is 1. The van der Waals surface area contributed by atoms with Gasteiger partial charge in [-0.3, -0.25) is 9.69 Å². The van der Waals surface area contributed by atoms with Crippen molar-refractivity contribution in [1.82, 2.24) is 4.90 Å². The van der Waals surface area contributed by atoms with Gasteiger partial charge in [-0.05, 0) is 36.9 Å². The standard InChI is InChI=1S/C19H23BrN2O3/c1-3-22(11-12-25-16-8-6-7-15(20)13-16)14-19(23)21-17-9-4-5-10-18(17)24-2/h4-10,13H,3,11-12,14H2,1-2H3,(H,21,23). The Morgan fingerprint density at radius 1 is 1.20 bits per heavy atom. The maximum absolute atomic E-state index is 12.3. The van der Waals surface area contributed by atoms with Gasteiger partial charge in [0.05, 0.1) is 19.3 Å². The number of ether oxygens (including phenoxy) is 2. The third-order valence-electron chi connectivity index (χ3n) is 3.67. The smallest absolute Gasteiger partial charge is 0.238 e. The zero-order valence-electron chi connectivity index (χ0n) is 14.5. The molecule has 0 aliphatic rings. The number of methoxy groups -OCH3 is 1. The molecule has 1 amide bonds. The van der Waals surface area contributed by atoms with E-state index in [0.717, 1.165) is 16.8 Å². The van der Waals surface area contributed by atoms with Crippen LogP contribution in [0, 0.1) is 0 Å². The van der Waals surface area contributed by atoms with Gasteiger partial charge in [-0.2, -0.15) is 0 Å². The molecule has 0 unspecified atom stereocenters. The first kappa shape index (κ1) is 19.3. The van der Waals surface area contributed by atoms with E-state index in [9.17, 15) is 4.79 Å². The molecule has 0 fully saturated rings. The van der Waals surface area contributed by atoms with E-state index in [1.54, 1.807) is 7.11 Å². The van der Waals surface area contributed by atoms with E-state index in [2.05, 4.69) is 21.2 Å². The number of rotatable bonds is 9. The first-order valence-corrected chi connectivity index (χ1v) is 8.95. The highest BCUT2D eigenvalue weighted by Crippen LogP contribution is 2.22. The number of carbonyl (C=O) groups is 1. The van der Waals surface area contributed by atoms with Gasteiger partial charge in [0, 0.05) is 11.0 Å². The summed E-state index contributed by atoms with van der Waals surface area (Å²) in [5.41, 5.74) is 0.677. The van der Waals surface area contributed by atoms with Crippen molar-refractivity contribution < 1.29 is 14.3 Å². The number of halogens is 1. The Labute approximate surface area is 157 Å². The van der Waals surface area contributed by atoms with Crippen LogP contribution in [0.1, 0.15) is 6.92 Å². The third-order valence-corrected chi connectivity index (χ3v) is 4.16. The molecule has 6 heteroatoms. The van der Waals surface area contributed by atoms with Crippen LogP contribution in [-0.2, 0) is 4.79 Å². The Morgan fingerprint density at radius 3 is 2.72 bits per heavy atom. The molecule has 134 valence electrons. The van der Waals surface area contributed by atoms with Crippen LogP contribution in [0.3, 0.4) is 0 Å². The average Bonchev–Trinajstić information content (AvgIpc) is 2.61. The largest absolute Gasteiger partial charge is 0.495 e. The van der Waals surface area contributed by atoms with E-state index < -0.39 is 0 Å². The molecule has 0 saturated heterocycles. The van der Waals surface area contributed by atoms with Crippen molar-refractivity contribution in [3.63, 3.8) is 0 Å². The lowest BCUT2D eigenvalue weighted by atomic mass is 10.3. The van der Waals surface area contributed by atoms with E-state index in [-0.39, 0.29) is 5.91 Å². The normalized spacial score (nSPS) is 10.6. The van der Waals surface area contributed by atoms with Crippen molar-refractivity contribution in [1.29, 1.82) is 0 Å². The predicted molar refractivity (Wildman–Crippen MR) is 103 cm³/mol. The van der Waals surface area contributed by atoms with Crippen LogP contribution in [-0.4, -0.2) is 44.2 Å². The van der Waals surface area contributed by atoms with Crippen molar-refractivity contribution >= 4 is 27.5 Å². The molecule has 0 aromatic heterocycles. The van der Waals surface area contributed by atoms with Crippen molar-refractivity contribution in [2.24, 2.45) is 0 Å². The van der Waals surface area contributed by atoms with Gasteiger partial charge < -0.3 is 14.8 Å². The van der Waals surface area contributed by atoms with Gasteiger partial charge in [0.15, 0.2) is 0 Å². The quantitative estimate of drug-likeness (QED) is 0.687. The second kappa shape index (κ2) is 10.1. The van der Waals surface area contributed by atoms with Gasteiger partial charge in [-0.25, -0.2) is 0 Å². The van der Waals surface area contributed by atoms with Gasteiger partial charge in [0.1, 0.15) is 18.1 Å². The van der Waals surface area contributed by atoms with Crippen LogP contribution in [0.5, 0.6) is 11.5 Å². The molecule has 2 aromatic rings. The number of nitrogens with one attached hydrogen (secondary N) is 1. The molecule has 0 aliphatic carbocycles. The van der Waals surface area contributed by atoms with Crippen molar-refractivity contribution in [3.05, 3.63) is 53.0 Å². The van der Waals surface area contributed by atoms with E-state index in [4.69, 9.17) is 9.47 Å². The number of hydrogen-bond acceptors (Lipinski definition) is 4. The summed E-state index contributed by atoms with van der Waals surface area (Å²) in [4.78, 5) is 14.3. The molecule has 2 rings (SSSR count). The summed E-state index contributed by atoms with van der Waals surface area (Å²) in [5.74, 6) is 1.38. The van der Waals surface area contributed by atoms with Gasteiger partial charge >= 0.3 is 0 Å². The molecule has 1 N–H and O–H groups in total. The zero-order valence-corrected chi connectivity index (χ0v) is 16.1. The fourth-order valence-corrected chi connectivity index (χ4v) is 2.72. The minimum Gasteiger partial charge on any atom is -0.495 e. The summed E-state index contributed by atoms with van der Waals surface area (Å²) in [6, 6.07) is 15.1. The number of benzene rings is 2. The van der Waals surface area contributed by atoms with Gasteiger partial charge in [0.25, 0.3) is 0 Å². The lowest BCUT2D eigenvalue weighted by molar-refractivity contribution is -0.117. The number of anilines is 1. The van der Waals surface area contributed by atoms with Crippen LogP contribution in [0.4, 0.5) is 5.69 Å². The highest BCUT2D eigenvalue weighted by atomic mass is 79.9. The number of likely N-dealkylation sites (N-methyl/N-ethyl adjacent to an activating group) is 1. The average molecular weight is 407 g/mol. The second-order valence-electron chi connectivity index (χ2n) is 5.42. The van der Waals surface area contributed by atoms with E-state index in [1.165, 1.54) is 0 Å². The molecule has 0 bridgehead atoms. The predicted octanol–water partition coefficient (Wildman–Crippen LogP) is 3.80. The van der Waals surface area contributed by atoms with Crippen LogP contribution in [0.2, 0.25) is 0 Å². The molecule has 25 heavy (non-hydrogen) atoms. The number of carbonyl (C=O) groups excluding carboxylic acids is 1. The fourth-order valence-electron chi connectivity index (χ4n) is 2.34. The first-order valence-electron chi connectivity index (χ1n) is 8.16. The number of nitrogens with zero attached hydrogens (tertiary/aromatic N) is 1. The van der Waals surface area contributed by atoms with Crippen molar-refractivity contribution in [2.45, 2.75) is 6.92 Å². The monoisotopic (exact) mass is 406 g/mol. The summed E-state index contributed by atoms with van der Waals surface area (Å²) in [7, 11) is 1.59. The lowest BCUT2D eigenvalue weighted by Crippen LogP contribution is -2.36. The molecule has 0 atom stereocenters. The second-order valence-corrected chi connectivity index (χ2v) is 6.34. The SMILES string of the molecule is CCN(CCOc1cccc(Br)c1)CC(=O)Nc1ccccc1OC. The number of hydrogen-bond donors (Lipinski definition) is 1. The summed E-state index contributed by atoms with van der Waals surface area (Å²) >= 11 is 3.42. The van der Waals surface area contributed by atoms with Crippen LogP contribution < -0.4 is 14.8 Å². The molecule has 2 aromatic carbocycles. The molecular weight excluding hydrogens is 384 g/mol. The Balaban J connectivity index is 1.81. The Kier molecular flexibility index (Phi) is 7.76. The minimum atomic E-state index is -0.0752. The maximum atomic E-state index is 12.3. The highest BCUT2D eigenvalue weighted by molar-refractivity contribution is 9.10. The summed E-state index contributed by atoms with van der Waals surface area (Å²) in [6.45, 7) is 4.28. The molecule has 0 radical (unpaired) electrons. The van der Waals surface area contributed by atoms with Crippen molar-refractivity contribution in [3.8, 4) is 11.5 Å². The molecule has 0 aliphatic heterocycles. The Bertz CT molecular complexity index is 694. The third kappa shape index (κ3) is 6.40. The number of para-hydroxylation sites is 2. The van der Waals surface area contributed by atoms with Gasteiger partial charge in [-0.1, -0.05) is 41.1 Å². The molecule has 0 spiro atoms. The van der Waals surface area contributed by atoms with Crippen LogP contribution in [0.25, 0.3) is 0 Å². The van der Waals surface area contributed by atoms with E-state index in [1.807, 2.05) is 60.4 Å². The Morgan fingerprint density at radius 2 is 2.00 bits per heavy atom. The lowest BCUT2D eigenvalue weighted by Gasteiger charge is -2.20. The molecule has 0 heterocycles. The van der Waals surface area contributed by atoms with Crippen LogP contribution >= 0.6 is 15.9 Å². The fraction of sp³-hybridized carbons (Fsp3) is 0.316. The summed E-state index contributed by atoms with van der Waals surface area (Å²) in [5, 5.41) is 2.89. The van der Waals surface area contributed by atoms with Crippen molar-refractivity contribution in [2.75, 3.05) is 38.7 Å². The minimum absolute atomic E-state index is 0.0752. The van der Waals surface area contributed by atoms with E-state index >= 15 is 0 Å². The molecule has 0 saturated carbocycles. The van der Waals surface area contributed by atoms with Gasteiger partial charge in [0.2, 0.25) is 5.91 Å². The maximum Gasteiger partial charge on any atom is 0.238 e. The molecular formula is C19H23BrN2O3. The highest BCUT2D eigenvalue weighted by Gasteiger charge is 2.11. The van der Waals surface area contributed by atoms with Gasteiger partial charge in [-0.15, -0.1) is 0 Å². The molecule has 5 nitrogen and oxygen atoms in total. The van der Waals surface area contributed by atoms with E-state index in [0.29, 0.717) is 31.1 Å². The Hall–Kier alpha value is -2.05.